The van der Waals surface area contributed by atoms with Crippen molar-refractivity contribution in [2.24, 2.45) is 5.92 Å². The fourth-order valence-corrected chi connectivity index (χ4v) is 5.16. The smallest absolute Gasteiger partial charge is 0.225 e. The number of rotatable bonds is 3. The third-order valence-electron chi connectivity index (χ3n) is 6.76. The minimum absolute atomic E-state index is 0.165. The lowest BCUT2D eigenvalue weighted by Gasteiger charge is -2.55. The van der Waals surface area contributed by atoms with Crippen molar-refractivity contribution in [2.45, 2.75) is 37.8 Å². The number of hydrogen-bond donors (Lipinski definition) is 1. The molecule has 0 spiro atoms. The summed E-state index contributed by atoms with van der Waals surface area (Å²) in [6, 6.07) is 18.3. The van der Waals surface area contributed by atoms with Gasteiger partial charge in [0, 0.05) is 50.2 Å². The number of fused-ring (bicyclic) bond motifs is 2. The van der Waals surface area contributed by atoms with E-state index in [9.17, 15) is 4.79 Å². The molecule has 28 heavy (non-hydrogen) atoms. The Balaban J connectivity index is 1.27. The molecule has 0 saturated carbocycles. The largest absolute Gasteiger partial charge is 0.381 e. The molecule has 4 fully saturated rings. The van der Waals surface area contributed by atoms with Gasteiger partial charge in [-0.25, -0.2) is 0 Å². The summed E-state index contributed by atoms with van der Waals surface area (Å²) in [7, 11) is 0. The summed E-state index contributed by atoms with van der Waals surface area (Å²) < 4.78 is 5.41. The van der Waals surface area contributed by atoms with Gasteiger partial charge in [-0.1, -0.05) is 48.5 Å². The molecule has 1 N–H and O–H groups in total. The summed E-state index contributed by atoms with van der Waals surface area (Å²) in [4.78, 5) is 14.9. The topological polar surface area (TPSA) is 41.6 Å². The van der Waals surface area contributed by atoms with Crippen LogP contribution < -0.4 is 5.32 Å². The summed E-state index contributed by atoms with van der Waals surface area (Å²) >= 11 is 0. The standard InChI is InChI=1S/C24H28N2O2/c1-16-4-2-3-5-20(16)17-6-8-18(9-7-17)23-21-14-26(15-22(23)25-21)24(27)19-10-12-28-13-11-19/h2-9,19,21-23,25H,10-15H2,1H3. The van der Waals surface area contributed by atoms with Crippen molar-refractivity contribution in [3.8, 4) is 11.1 Å². The highest BCUT2D eigenvalue weighted by atomic mass is 16.5. The molecule has 6 rings (SSSR count). The highest BCUT2D eigenvalue weighted by Crippen LogP contribution is 2.38. The van der Waals surface area contributed by atoms with Crippen LogP contribution in [0.4, 0.5) is 0 Å². The maximum absolute atomic E-state index is 12.8. The molecule has 2 bridgehead atoms. The second kappa shape index (κ2) is 7.34. The minimum Gasteiger partial charge on any atom is -0.381 e. The zero-order chi connectivity index (χ0) is 19.1. The predicted octanol–water partition coefficient (Wildman–Crippen LogP) is 3.35. The van der Waals surface area contributed by atoms with Gasteiger partial charge in [-0.3, -0.25) is 4.79 Å². The Labute approximate surface area is 166 Å². The van der Waals surface area contributed by atoms with E-state index in [-0.39, 0.29) is 5.92 Å². The van der Waals surface area contributed by atoms with Crippen molar-refractivity contribution in [1.29, 1.82) is 0 Å². The summed E-state index contributed by atoms with van der Waals surface area (Å²) in [5.74, 6) is 1.02. The number of nitrogens with zero attached hydrogens (tertiary/aromatic N) is 1. The van der Waals surface area contributed by atoms with Crippen molar-refractivity contribution in [1.82, 2.24) is 10.2 Å². The Bertz CT molecular complexity index is 845. The molecule has 4 aliphatic rings. The predicted molar refractivity (Wildman–Crippen MR) is 110 cm³/mol. The first-order valence-electron chi connectivity index (χ1n) is 10.5. The first-order chi connectivity index (χ1) is 13.7. The minimum atomic E-state index is 0.165. The summed E-state index contributed by atoms with van der Waals surface area (Å²) in [6.45, 7) is 5.28. The Morgan fingerprint density at radius 2 is 1.68 bits per heavy atom. The Morgan fingerprint density at radius 3 is 2.36 bits per heavy atom. The number of piperazine rings is 1. The van der Waals surface area contributed by atoms with E-state index in [4.69, 9.17) is 4.74 Å². The van der Waals surface area contributed by atoms with Crippen LogP contribution in [0.5, 0.6) is 0 Å². The third kappa shape index (κ3) is 3.15. The van der Waals surface area contributed by atoms with Crippen LogP contribution in [0, 0.1) is 12.8 Å². The third-order valence-corrected chi connectivity index (χ3v) is 6.76. The van der Waals surface area contributed by atoms with Gasteiger partial charge in [-0.05, 0) is 42.0 Å². The highest BCUT2D eigenvalue weighted by molar-refractivity contribution is 5.79. The van der Waals surface area contributed by atoms with E-state index in [1.165, 1.54) is 22.3 Å². The number of carbonyl (C=O) groups is 1. The molecule has 4 nitrogen and oxygen atoms in total. The lowest BCUT2D eigenvalue weighted by atomic mass is 9.73. The van der Waals surface area contributed by atoms with Gasteiger partial charge in [-0.15, -0.1) is 0 Å². The number of hydrogen-bond acceptors (Lipinski definition) is 3. The van der Waals surface area contributed by atoms with E-state index in [1.807, 2.05) is 0 Å². The molecule has 0 aromatic heterocycles. The normalized spacial score (nSPS) is 27.3. The monoisotopic (exact) mass is 376 g/mol. The molecular weight excluding hydrogens is 348 g/mol. The van der Waals surface area contributed by atoms with Gasteiger partial charge in [0.15, 0.2) is 0 Å². The van der Waals surface area contributed by atoms with Crippen LogP contribution in [-0.2, 0) is 9.53 Å². The maximum atomic E-state index is 12.8. The molecule has 0 radical (unpaired) electrons. The molecular formula is C24H28N2O2. The van der Waals surface area contributed by atoms with E-state index in [2.05, 4.69) is 65.7 Å². The quantitative estimate of drug-likeness (QED) is 0.893. The lowest BCUT2D eigenvalue weighted by molar-refractivity contribution is -0.143. The van der Waals surface area contributed by atoms with Crippen LogP contribution >= 0.6 is 0 Å². The molecule has 2 unspecified atom stereocenters. The summed E-state index contributed by atoms with van der Waals surface area (Å²) in [5, 5.41) is 3.65. The Kier molecular flexibility index (Phi) is 4.69. The molecule has 4 heterocycles. The maximum Gasteiger partial charge on any atom is 0.225 e. The number of amides is 1. The van der Waals surface area contributed by atoms with Crippen molar-refractivity contribution < 1.29 is 9.53 Å². The number of piperidine rings is 1. The van der Waals surface area contributed by atoms with E-state index < -0.39 is 0 Å². The summed E-state index contributed by atoms with van der Waals surface area (Å²) in [6.07, 6.45) is 1.75. The van der Waals surface area contributed by atoms with Crippen LogP contribution in [0.3, 0.4) is 0 Å². The average molecular weight is 377 g/mol. The van der Waals surface area contributed by atoms with Crippen molar-refractivity contribution >= 4 is 5.91 Å². The van der Waals surface area contributed by atoms with Gasteiger partial charge in [0.25, 0.3) is 0 Å². The van der Waals surface area contributed by atoms with E-state index in [0.717, 1.165) is 39.1 Å². The van der Waals surface area contributed by atoms with Crippen molar-refractivity contribution in [2.75, 3.05) is 26.3 Å². The van der Waals surface area contributed by atoms with Gasteiger partial charge >= 0.3 is 0 Å². The van der Waals surface area contributed by atoms with Gasteiger partial charge in [0.05, 0.1) is 0 Å². The number of ether oxygens (including phenoxy) is 1. The molecule has 4 saturated heterocycles. The van der Waals surface area contributed by atoms with Crippen LogP contribution in [0.1, 0.15) is 29.9 Å². The molecule has 2 atom stereocenters. The van der Waals surface area contributed by atoms with Gasteiger partial charge in [0.1, 0.15) is 0 Å². The van der Waals surface area contributed by atoms with Crippen molar-refractivity contribution in [3.63, 3.8) is 0 Å². The number of carbonyl (C=O) groups excluding carboxylic acids is 1. The zero-order valence-corrected chi connectivity index (χ0v) is 16.4. The second-order valence-corrected chi connectivity index (χ2v) is 8.47. The average Bonchev–Trinajstić information content (AvgIpc) is 2.75. The molecule has 4 aliphatic heterocycles. The fourth-order valence-electron chi connectivity index (χ4n) is 5.16. The van der Waals surface area contributed by atoms with Gasteiger partial charge in [0.2, 0.25) is 5.91 Å². The first-order valence-corrected chi connectivity index (χ1v) is 10.5. The number of benzene rings is 2. The Hall–Kier alpha value is -2.17. The van der Waals surface area contributed by atoms with Crippen molar-refractivity contribution in [3.05, 3.63) is 59.7 Å². The molecule has 2 aromatic rings. The second-order valence-electron chi connectivity index (χ2n) is 8.47. The molecule has 2 aromatic carbocycles. The highest BCUT2D eigenvalue weighted by Gasteiger charge is 2.48. The van der Waals surface area contributed by atoms with Gasteiger partial charge < -0.3 is 15.0 Å². The SMILES string of the molecule is Cc1ccccc1-c1ccc(C2C3CN(C(=O)C4CCOCC4)CC2N3)cc1. The molecule has 0 aliphatic carbocycles. The number of aryl methyl sites for hydroxylation is 1. The lowest BCUT2D eigenvalue weighted by Crippen LogP contribution is -2.72. The molecule has 1 amide bonds. The fraction of sp³-hybridized carbons (Fsp3) is 0.458. The van der Waals surface area contributed by atoms with E-state index in [0.29, 0.717) is 23.9 Å². The molecule has 146 valence electrons. The van der Waals surface area contributed by atoms with Crippen LogP contribution in [0.25, 0.3) is 11.1 Å². The van der Waals surface area contributed by atoms with Gasteiger partial charge in [-0.2, -0.15) is 0 Å². The van der Waals surface area contributed by atoms with Crippen LogP contribution in [0.2, 0.25) is 0 Å². The Morgan fingerprint density at radius 1 is 1.00 bits per heavy atom. The van der Waals surface area contributed by atoms with Crippen LogP contribution in [0.15, 0.2) is 48.5 Å². The van der Waals surface area contributed by atoms with Crippen LogP contribution in [-0.4, -0.2) is 49.2 Å². The number of nitrogens with one attached hydrogen (secondary N) is 1. The first kappa shape index (κ1) is 17.9. The van der Waals surface area contributed by atoms with E-state index >= 15 is 0 Å². The summed E-state index contributed by atoms with van der Waals surface area (Å²) in [5.41, 5.74) is 5.27. The van der Waals surface area contributed by atoms with E-state index in [1.54, 1.807) is 0 Å². The molecule has 4 heteroatoms. The zero-order valence-electron chi connectivity index (χ0n) is 16.4.